The van der Waals surface area contributed by atoms with E-state index in [9.17, 15) is 9.18 Å². The van der Waals surface area contributed by atoms with Gasteiger partial charge in [0.15, 0.2) is 5.78 Å². The van der Waals surface area contributed by atoms with E-state index in [-0.39, 0.29) is 5.78 Å². The van der Waals surface area contributed by atoms with E-state index in [1.807, 2.05) is 24.3 Å². The van der Waals surface area contributed by atoms with Crippen LogP contribution >= 0.6 is 0 Å². The number of nitrogens with zero attached hydrogens (tertiary/aromatic N) is 1. The van der Waals surface area contributed by atoms with Crippen molar-refractivity contribution in [1.82, 2.24) is 4.90 Å². The summed E-state index contributed by atoms with van der Waals surface area (Å²) in [6.45, 7) is 4.08. The van der Waals surface area contributed by atoms with Crippen molar-refractivity contribution in [1.29, 1.82) is 0 Å². The molecular formula is C14H18FNO. The number of carbonyl (C=O) groups is 1. The fourth-order valence-corrected chi connectivity index (χ4v) is 2.16. The van der Waals surface area contributed by atoms with Gasteiger partial charge >= 0.3 is 0 Å². The van der Waals surface area contributed by atoms with Crippen LogP contribution in [-0.2, 0) is 6.54 Å². The summed E-state index contributed by atoms with van der Waals surface area (Å²) in [7, 11) is 0. The first-order chi connectivity index (χ1) is 8.15. The molecule has 1 heterocycles. The van der Waals surface area contributed by atoms with Crippen molar-refractivity contribution in [3.8, 4) is 0 Å². The third-order valence-corrected chi connectivity index (χ3v) is 3.28. The van der Waals surface area contributed by atoms with Gasteiger partial charge < -0.3 is 0 Å². The van der Waals surface area contributed by atoms with Gasteiger partial charge in [-0.2, -0.15) is 0 Å². The van der Waals surface area contributed by atoms with Crippen LogP contribution in [0.1, 0.15) is 35.7 Å². The van der Waals surface area contributed by atoms with Crippen molar-refractivity contribution in [2.75, 3.05) is 13.1 Å². The standard InChI is InChI=1S/C14H18FNO/c1-11(17)13-4-2-12(3-5-13)10-16-8-6-14(15)7-9-16/h2-5,14H,6-10H2,1H3. The summed E-state index contributed by atoms with van der Waals surface area (Å²) in [5.41, 5.74) is 1.93. The Bertz CT molecular complexity index is 380. The predicted molar refractivity (Wildman–Crippen MR) is 65.9 cm³/mol. The predicted octanol–water partition coefficient (Wildman–Crippen LogP) is 2.82. The van der Waals surface area contributed by atoms with Crippen molar-refractivity contribution in [3.63, 3.8) is 0 Å². The lowest BCUT2D eigenvalue weighted by Gasteiger charge is -2.28. The van der Waals surface area contributed by atoms with Gasteiger partial charge in [0.25, 0.3) is 0 Å². The monoisotopic (exact) mass is 235 g/mol. The average molecular weight is 235 g/mol. The molecule has 0 unspecified atom stereocenters. The van der Waals surface area contributed by atoms with Crippen LogP contribution in [0.25, 0.3) is 0 Å². The van der Waals surface area contributed by atoms with Gasteiger partial charge in [-0.05, 0) is 25.3 Å². The van der Waals surface area contributed by atoms with Crippen LogP contribution in [0, 0.1) is 0 Å². The van der Waals surface area contributed by atoms with Crippen molar-refractivity contribution >= 4 is 5.78 Å². The van der Waals surface area contributed by atoms with Crippen molar-refractivity contribution in [3.05, 3.63) is 35.4 Å². The molecule has 0 N–H and O–H groups in total. The molecular weight excluding hydrogens is 217 g/mol. The van der Waals surface area contributed by atoms with Gasteiger partial charge in [-0.25, -0.2) is 4.39 Å². The maximum atomic E-state index is 13.0. The average Bonchev–Trinajstić information content (AvgIpc) is 2.33. The zero-order chi connectivity index (χ0) is 12.3. The summed E-state index contributed by atoms with van der Waals surface area (Å²) < 4.78 is 13.0. The number of ketones is 1. The minimum Gasteiger partial charge on any atom is -0.299 e. The Morgan fingerprint density at radius 2 is 1.88 bits per heavy atom. The van der Waals surface area contributed by atoms with E-state index in [0.29, 0.717) is 12.8 Å². The van der Waals surface area contributed by atoms with Crippen LogP contribution in [0.3, 0.4) is 0 Å². The van der Waals surface area contributed by atoms with E-state index >= 15 is 0 Å². The van der Waals surface area contributed by atoms with E-state index < -0.39 is 6.17 Å². The van der Waals surface area contributed by atoms with Crippen molar-refractivity contribution < 1.29 is 9.18 Å². The Morgan fingerprint density at radius 1 is 1.29 bits per heavy atom. The zero-order valence-electron chi connectivity index (χ0n) is 10.2. The molecule has 0 aromatic heterocycles. The highest BCUT2D eigenvalue weighted by molar-refractivity contribution is 5.93. The first kappa shape index (κ1) is 12.2. The number of carbonyl (C=O) groups excluding carboxylic acids is 1. The van der Waals surface area contributed by atoms with Crippen LogP contribution in [0.4, 0.5) is 4.39 Å². The van der Waals surface area contributed by atoms with Gasteiger partial charge in [0.05, 0.1) is 0 Å². The van der Waals surface area contributed by atoms with E-state index in [4.69, 9.17) is 0 Å². The lowest BCUT2D eigenvalue weighted by molar-refractivity contribution is 0.101. The van der Waals surface area contributed by atoms with Gasteiger partial charge in [0.2, 0.25) is 0 Å². The number of alkyl halides is 1. The minimum atomic E-state index is -0.619. The molecule has 17 heavy (non-hydrogen) atoms. The van der Waals surface area contributed by atoms with Crippen LogP contribution in [0.15, 0.2) is 24.3 Å². The highest BCUT2D eigenvalue weighted by Gasteiger charge is 2.18. The largest absolute Gasteiger partial charge is 0.299 e. The fourth-order valence-electron chi connectivity index (χ4n) is 2.16. The smallest absolute Gasteiger partial charge is 0.159 e. The molecule has 0 radical (unpaired) electrons. The first-order valence-electron chi connectivity index (χ1n) is 6.11. The van der Waals surface area contributed by atoms with Gasteiger partial charge in [0, 0.05) is 25.2 Å². The molecule has 0 bridgehead atoms. The van der Waals surface area contributed by atoms with Crippen LogP contribution in [0.2, 0.25) is 0 Å². The SMILES string of the molecule is CC(=O)c1ccc(CN2CCC(F)CC2)cc1. The highest BCUT2D eigenvalue weighted by atomic mass is 19.1. The van der Waals surface area contributed by atoms with Crippen LogP contribution in [0.5, 0.6) is 0 Å². The number of piperidine rings is 1. The Kier molecular flexibility index (Phi) is 3.89. The normalized spacial score (nSPS) is 18.2. The molecule has 2 rings (SSSR count). The van der Waals surface area contributed by atoms with E-state index in [2.05, 4.69) is 4.90 Å². The lowest BCUT2D eigenvalue weighted by Crippen LogP contribution is -2.33. The Hall–Kier alpha value is -1.22. The van der Waals surface area contributed by atoms with Crippen molar-refractivity contribution in [2.24, 2.45) is 0 Å². The number of hydrogen-bond donors (Lipinski definition) is 0. The Labute approximate surface area is 101 Å². The Morgan fingerprint density at radius 3 is 2.41 bits per heavy atom. The van der Waals surface area contributed by atoms with Crippen LogP contribution < -0.4 is 0 Å². The summed E-state index contributed by atoms with van der Waals surface area (Å²) in [6.07, 6.45) is 0.670. The third-order valence-electron chi connectivity index (χ3n) is 3.28. The third kappa shape index (κ3) is 3.37. The summed E-state index contributed by atoms with van der Waals surface area (Å²) >= 11 is 0. The summed E-state index contributed by atoms with van der Waals surface area (Å²) in [5, 5.41) is 0. The molecule has 0 aliphatic carbocycles. The summed E-state index contributed by atoms with van der Waals surface area (Å²) in [5.74, 6) is 0.0924. The number of hydrogen-bond acceptors (Lipinski definition) is 2. The van der Waals surface area contributed by atoms with Gasteiger partial charge in [-0.1, -0.05) is 24.3 Å². The molecule has 3 heteroatoms. The van der Waals surface area contributed by atoms with Crippen LogP contribution in [-0.4, -0.2) is 29.9 Å². The maximum absolute atomic E-state index is 13.0. The molecule has 1 aliphatic rings. The Balaban J connectivity index is 1.92. The van der Waals surface area contributed by atoms with Gasteiger partial charge in [-0.3, -0.25) is 9.69 Å². The van der Waals surface area contributed by atoms with E-state index in [0.717, 1.165) is 25.2 Å². The number of Topliss-reactive ketones (excluding diaryl/α,β-unsaturated/α-hetero) is 1. The quantitative estimate of drug-likeness (QED) is 0.751. The molecule has 0 amide bonds. The lowest BCUT2D eigenvalue weighted by atomic mass is 10.1. The molecule has 1 aliphatic heterocycles. The maximum Gasteiger partial charge on any atom is 0.159 e. The number of likely N-dealkylation sites (tertiary alicyclic amines) is 1. The highest BCUT2D eigenvalue weighted by Crippen LogP contribution is 2.16. The van der Waals surface area contributed by atoms with Crippen molar-refractivity contribution in [2.45, 2.75) is 32.5 Å². The fraction of sp³-hybridized carbons (Fsp3) is 0.500. The van der Waals surface area contributed by atoms with E-state index in [1.54, 1.807) is 6.92 Å². The van der Waals surface area contributed by atoms with Gasteiger partial charge in [0.1, 0.15) is 6.17 Å². The number of rotatable bonds is 3. The molecule has 2 nitrogen and oxygen atoms in total. The van der Waals surface area contributed by atoms with Gasteiger partial charge in [-0.15, -0.1) is 0 Å². The topological polar surface area (TPSA) is 20.3 Å². The molecule has 1 aromatic rings. The molecule has 0 saturated carbocycles. The molecule has 0 atom stereocenters. The molecule has 1 fully saturated rings. The zero-order valence-corrected chi connectivity index (χ0v) is 10.2. The molecule has 1 saturated heterocycles. The second-order valence-electron chi connectivity index (χ2n) is 4.70. The second-order valence-corrected chi connectivity index (χ2v) is 4.70. The second kappa shape index (κ2) is 5.41. The summed E-state index contributed by atoms with van der Waals surface area (Å²) in [4.78, 5) is 13.4. The first-order valence-corrected chi connectivity index (χ1v) is 6.11. The van der Waals surface area contributed by atoms with E-state index in [1.165, 1.54) is 5.56 Å². The molecule has 92 valence electrons. The number of benzene rings is 1. The molecule has 1 aromatic carbocycles. The minimum absolute atomic E-state index is 0.0924. The number of halogens is 1. The summed E-state index contributed by atoms with van der Waals surface area (Å²) in [6, 6.07) is 7.69. The molecule has 0 spiro atoms.